The molecule has 2 aliphatic rings. The number of carbonyl (C=O) groups is 2. The highest BCUT2D eigenvalue weighted by Gasteiger charge is 2.22. The summed E-state index contributed by atoms with van der Waals surface area (Å²) < 4.78 is 5.29. The standard InChI is InChI=1S/C21H32N4O3.2ClH/c1-16(17-6-8-22-9-7-17)14-20(26)23-18-2-4-19(5-3-18)24-21(27)15-25-10-12-28-13-11-25;;/h2-5,16-17,22H,6-15H2,1H3,(H,23,26)(H,24,27);2*1H. The van der Waals surface area contributed by atoms with Crippen molar-refractivity contribution in [2.45, 2.75) is 26.2 Å². The molecule has 0 bridgehead atoms. The minimum Gasteiger partial charge on any atom is -0.379 e. The number of halogens is 2. The monoisotopic (exact) mass is 460 g/mol. The molecule has 2 amide bonds. The number of piperidine rings is 1. The first-order chi connectivity index (χ1) is 13.6. The summed E-state index contributed by atoms with van der Waals surface area (Å²) in [5.41, 5.74) is 1.49. The van der Waals surface area contributed by atoms with Crippen LogP contribution in [0.25, 0.3) is 0 Å². The minimum absolute atomic E-state index is 0. The van der Waals surface area contributed by atoms with Crippen LogP contribution in [-0.4, -0.2) is 62.7 Å². The number of hydrogen-bond acceptors (Lipinski definition) is 5. The summed E-state index contributed by atoms with van der Waals surface area (Å²) in [7, 11) is 0. The number of rotatable bonds is 7. The quantitative estimate of drug-likeness (QED) is 0.582. The van der Waals surface area contributed by atoms with Crippen LogP contribution >= 0.6 is 24.8 Å². The van der Waals surface area contributed by atoms with Crippen LogP contribution in [0.3, 0.4) is 0 Å². The van der Waals surface area contributed by atoms with Gasteiger partial charge in [0.25, 0.3) is 0 Å². The average molecular weight is 461 g/mol. The molecule has 1 aromatic rings. The van der Waals surface area contributed by atoms with Gasteiger partial charge in [0.15, 0.2) is 0 Å². The van der Waals surface area contributed by atoms with Crippen LogP contribution in [-0.2, 0) is 14.3 Å². The lowest BCUT2D eigenvalue weighted by Crippen LogP contribution is -2.41. The normalized spacial score (nSPS) is 18.4. The third-order valence-electron chi connectivity index (χ3n) is 5.62. The highest BCUT2D eigenvalue weighted by Crippen LogP contribution is 2.25. The Morgan fingerprint density at radius 3 is 2.13 bits per heavy atom. The number of amides is 2. The van der Waals surface area contributed by atoms with Gasteiger partial charge in [0.1, 0.15) is 0 Å². The van der Waals surface area contributed by atoms with Crippen LogP contribution < -0.4 is 16.0 Å². The number of hydrogen-bond donors (Lipinski definition) is 3. The van der Waals surface area contributed by atoms with Crippen molar-refractivity contribution in [2.75, 3.05) is 56.6 Å². The van der Waals surface area contributed by atoms with Gasteiger partial charge in [0.05, 0.1) is 19.8 Å². The fraction of sp³-hybridized carbons (Fsp3) is 0.619. The molecule has 0 spiro atoms. The van der Waals surface area contributed by atoms with Crippen LogP contribution in [0.15, 0.2) is 24.3 Å². The molecule has 1 atom stereocenters. The maximum Gasteiger partial charge on any atom is 0.238 e. The maximum atomic E-state index is 12.3. The van der Waals surface area contributed by atoms with Crippen LogP contribution in [0, 0.1) is 11.8 Å². The van der Waals surface area contributed by atoms with E-state index in [4.69, 9.17) is 4.74 Å². The van der Waals surface area contributed by atoms with Gasteiger partial charge in [0.2, 0.25) is 11.8 Å². The molecule has 0 saturated carbocycles. The molecule has 30 heavy (non-hydrogen) atoms. The Kier molecular flexibility index (Phi) is 12.3. The Labute approximate surface area is 191 Å². The predicted octanol–water partition coefficient (Wildman–Crippen LogP) is 2.77. The summed E-state index contributed by atoms with van der Waals surface area (Å²) in [5, 5.41) is 9.24. The van der Waals surface area contributed by atoms with E-state index in [1.807, 2.05) is 24.3 Å². The van der Waals surface area contributed by atoms with Crippen molar-refractivity contribution in [3.05, 3.63) is 24.3 Å². The highest BCUT2D eigenvalue weighted by atomic mass is 35.5. The Bertz CT molecular complexity index is 648. The largest absolute Gasteiger partial charge is 0.379 e. The molecule has 9 heteroatoms. The van der Waals surface area contributed by atoms with Gasteiger partial charge in [-0.3, -0.25) is 14.5 Å². The molecule has 2 aliphatic heterocycles. The lowest BCUT2D eigenvalue weighted by molar-refractivity contribution is -0.118. The van der Waals surface area contributed by atoms with Crippen molar-refractivity contribution >= 4 is 48.0 Å². The third kappa shape index (κ3) is 8.78. The van der Waals surface area contributed by atoms with Gasteiger partial charge >= 0.3 is 0 Å². The van der Waals surface area contributed by atoms with Crippen molar-refractivity contribution in [3.8, 4) is 0 Å². The van der Waals surface area contributed by atoms with Gasteiger partial charge in [-0.1, -0.05) is 6.92 Å². The Hall–Kier alpha value is -1.38. The Morgan fingerprint density at radius 1 is 1.03 bits per heavy atom. The second kappa shape index (κ2) is 13.8. The van der Waals surface area contributed by atoms with Gasteiger partial charge in [-0.2, -0.15) is 0 Å². The molecule has 170 valence electrons. The summed E-state index contributed by atoms with van der Waals surface area (Å²) in [5.74, 6) is 1.03. The van der Waals surface area contributed by atoms with Crippen LogP contribution in [0.5, 0.6) is 0 Å². The van der Waals surface area contributed by atoms with Gasteiger partial charge in [-0.15, -0.1) is 24.8 Å². The van der Waals surface area contributed by atoms with Gasteiger partial charge < -0.3 is 20.7 Å². The second-order valence-electron chi connectivity index (χ2n) is 7.83. The summed E-state index contributed by atoms with van der Waals surface area (Å²) in [6.07, 6.45) is 2.84. The van der Waals surface area contributed by atoms with E-state index in [-0.39, 0.29) is 36.6 Å². The third-order valence-corrected chi connectivity index (χ3v) is 5.62. The zero-order chi connectivity index (χ0) is 19.8. The Balaban J connectivity index is 0.00000225. The van der Waals surface area contributed by atoms with Crippen LogP contribution in [0.2, 0.25) is 0 Å². The van der Waals surface area contributed by atoms with Gasteiger partial charge in [0, 0.05) is 30.9 Å². The van der Waals surface area contributed by atoms with Crippen molar-refractivity contribution in [1.29, 1.82) is 0 Å². The van der Waals surface area contributed by atoms with Gasteiger partial charge in [-0.05, 0) is 62.0 Å². The molecule has 7 nitrogen and oxygen atoms in total. The zero-order valence-corrected chi connectivity index (χ0v) is 19.2. The molecule has 2 heterocycles. The minimum atomic E-state index is -0.0329. The summed E-state index contributed by atoms with van der Waals surface area (Å²) >= 11 is 0. The fourth-order valence-electron chi connectivity index (χ4n) is 3.88. The molecule has 0 aromatic heterocycles. The maximum absolute atomic E-state index is 12.3. The average Bonchev–Trinajstić information content (AvgIpc) is 2.71. The second-order valence-corrected chi connectivity index (χ2v) is 7.83. The van der Waals surface area contributed by atoms with E-state index in [1.54, 1.807) is 0 Å². The van der Waals surface area contributed by atoms with Crippen LogP contribution in [0.4, 0.5) is 11.4 Å². The van der Waals surface area contributed by atoms with Gasteiger partial charge in [-0.25, -0.2) is 0 Å². The lowest BCUT2D eigenvalue weighted by atomic mass is 9.84. The molecule has 1 aromatic carbocycles. The zero-order valence-electron chi connectivity index (χ0n) is 17.5. The molecule has 3 N–H and O–H groups in total. The number of nitrogens with zero attached hydrogens (tertiary/aromatic N) is 1. The Morgan fingerprint density at radius 2 is 1.57 bits per heavy atom. The SMILES string of the molecule is CC(CC(=O)Nc1ccc(NC(=O)CN2CCOCC2)cc1)C1CCNCC1.Cl.Cl. The highest BCUT2D eigenvalue weighted by molar-refractivity contribution is 5.93. The molecule has 3 rings (SSSR count). The van der Waals surface area contributed by atoms with E-state index in [2.05, 4.69) is 27.8 Å². The van der Waals surface area contributed by atoms with E-state index in [1.165, 1.54) is 0 Å². The molecule has 1 unspecified atom stereocenters. The van der Waals surface area contributed by atoms with Crippen LogP contribution in [0.1, 0.15) is 26.2 Å². The topological polar surface area (TPSA) is 82.7 Å². The lowest BCUT2D eigenvalue weighted by Gasteiger charge is -2.27. The number of ether oxygens (including phenoxy) is 1. The molecule has 2 fully saturated rings. The van der Waals surface area contributed by atoms with E-state index in [9.17, 15) is 9.59 Å². The van der Waals surface area contributed by atoms with Crippen molar-refractivity contribution < 1.29 is 14.3 Å². The van der Waals surface area contributed by atoms with E-state index in [0.29, 0.717) is 38.0 Å². The molecule has 0 aliphatic carbocycles. The first-order valence-electron chi connectivity index (χ1n) is 10.3. The predicted molar refractivity (Wildman–Crippen MR) is 125 cm³/mol. The molecule has 2 saturated heterocycles. The first kappa shape index (κ1) is 26.7. The van der Waals surface area contributed by atoms with Crippen molar-refractivity contribution in [3.63, 3.8) is 0 Å². The van der Waals surface area contributed by atoms with Crippen molar-refractivity contribution in [2.24, 2.45) is 11.8 Å². The number of carbonyl (C=O) groups excluding carboxylic acids is 2. The summed E-state index contributed by atoms with van der Waals surface area (Å²) in [6.45, 7) is 7.57. The van der Waals surface area contributed by atoms with E-state index in [0.717, 1.165) is 50.4 Å². The molecule has 0 radical (unpaired) electrons. The number of benzene rings is 1. The smallest absolute Gasteiger partial charge is 0.238 e. The van der Waals surface area contributed by atoms with E-state index >= 15 is 0 Å². The summed E-state index contributed by atoms with van der Waals surface area (Å²) in [6, 6.07) is 7.31. The molecular formula is C21H34Cl2N4O3. The number of anilines is 2. The first-order valence-corrected chi connectivity index (χ1v) is 10.3. The fourth-order valence-corrected chi connectivity index (χ4v) is 3.88. The molecular weight excluding hydrogens is 427 g/mol. The summed E-state index contributed by atoms with van der Waals surface area (Å²) in [4.78, 5) is 26.6. The number of morpholine rings is 1. The van der Waals surface area contributed by atoms with Crippen molar-refractivity contribution in [1.82, 2.24) is 10.2 Å². The van der Waals surface area contributed by atoms with E-state index < -0.39 is 0 Å². The number of nitrogens with one attached hydrogen (secondary N) is 3.